The van der Waals surface area contributed by atoms with E-state index >= 15 is 0 Å². The molecule has 0 radical (unpaired) electrons. The zero-order chi connectivity index (χ0) is 14.3. The smallest absolute Gasteiger partial charge is 0.239 e. The molecule has 5 heteroatoms. The van der Waals surface area contributed by atoms with Gasteiger partial charge in [-0.1, -0.05) is 12.1 Å². The second kappa shape index (κ2) is 4.59. The van der Waals surface area contributed by atoms with Crippen LogP contribution in [0.15, 0.2) is 18.2 Å². The first-order valence-corrected chi connectivity index (χ1v) is 6.90. The molecule has 3 rings (SSSR count). The van der Waals surface area contributed by atoms with Crippen molar-refractivity contribution in [3.8, 4) is 0 Å². The average molecular weight is 274 g/mol. The molecule has 1 spiro atoms. The number of rotatable bonds is 2. The largest absolute Gasteiger partial charge is 0.395 e. The van der Waals surface area contributed by atoms with E-state index in [1.54, 1.807) is 4.90 Å². The Morgan fingerprint density at radius 3 is 2.85 bits per heavy atom. The number of nitrogens with one attached hydrogen (secondary N) is 1. The van der Waals surface area contributed by atoms with Crippen LogP contribution in [0.5, 0.6) is 0 Å². The number of hydrogen-bond donors (Lipinski definition) is 2. The Balaban J connectivity index is 2.13. The summed E-state index contributed by atoms with van der Waals surface area (Å²) in [6.45, 7) is 2.57. The van der Waals surface area contributed by atoms with E-state index in [1.807, 2.05) is 25.1 Å². The van der Waals surface area contributed by atoms with E-state index in [9.17, 15) is 14.7 Å². The Hall–Kier alpha value is -1.88. The Labute approximate surface area is 117 Å². The average Bonchev–Trinajstić information content (AvgIpc) is 2.67. The second-order valence-electron chi connectivity index (χ2n) is 5.51. The molecule has 2 aliphatic rings. The first-order chi connectivity index (χ1) is 9.60. The van der Waals surface area contributed by atoms with Crippen LogP contribution in [0.3, 0.4) is 0 Å². The van der Waals surface area contributed by atoms with Crippen LogP contribution in [-0.2, 0) is 15.0 Å². The van der Waals surface area contributed by atoms with E-state index < -0.39 is 5.41 Å². The highest BCUT2D eigenvalue weighted by Crippen LogP contribution is 2.46. The molecule has 0 bridgehead atoms. The summed E-state index contributed by atoms with van der Waals surface area (Å²) in [5.41, 5.74) is 2.30. The maximum atomic E-state index is 12.9. The van der Waals surface area contributed by atoms with Crippen molar-refractivity contribution in [2.75, 3.05) is 24.6 Å². The predicted octanol–water partition coefficient (Wildman–Crippen LogP) is 0.482. The van der Waals surface area contributed by atoms with Gasteiger partial charge < -0.3 is 15.3 Å². The molecule has 1 aromatic rings. The van der Waals surface area contributed by atoms with Crippen LogP contribution in [0.1, 0.15) is 24.0 Å². The zero-order valence-electron chi connectivity index (χ0n) is 11.5. The summed E-state index contributed by atoms with van der Waals surface area (Å²) in [6.07, 6.45) is 0.907. The highest BCUT2D eigenvalue weighted by molar-refractivity contribution is 6.09. The maximum absolute atomic E-state index is 12.9. The fourth-order valence-corrected chi connectivity index (χ4v) is 3.45. The van der Waals surface area contributed by atoms with Gasteiger partial charge in [0, 0.05) is 25.2 Å². The van der Waals surface area contributed by atoms with Gasteiger partial charge in [-0.15, -0.1) is 0 Å². The number of carbonyl (C=O) groups excluding carboxylic acids is 2. The van der Waals surface area contributed by atoms with E-state index in [-0.39, 0.29) is 18.4 Å². The number of piperidine rings is 1. The van der Waals surface area contributed by atoms with Crippen LogP contribution in [0.25, 0.3) is 0 Å². The van der Waals surface area contributed by atoms with Gasteiger partial charge >= 0.3 is 0 Å². The summed E-state index contributed by atoms with van der Waals surface area (Å²) in [6, 6.07) is 5.83. The molecular weight excluding hydrogens is 256 g/mol. The Bertz CT molecular complexity index is 572. The topological polar surface area (TPSA) is 69.6 Å². The zero-order valence-corrected chi connectivity index (χ0v) is 11.5. The molecule has 20 heavy (non-hydrogen) atoms. The lowest BCUT2D eigenvalue weighted by molar-refractivity contribution is -0.128. The van der Waals surface area contributed by atoms with Crippen molar-refractivity contribution in [2.24, 2.45) is 0 Å². The number of aliphatic hydroxyl groups is 1. The molecule has 1 atom stereocenters. The lowest BCUT2D eigenvalue weighted by atomic mass is 9.74. The molecule has 5 nitrogen and oxygen atoms in total. The molecule has 0 saturated carbocycles. The Morgan fingerprint density at radius 2 is 2.20 bits per heavy atom. The van der Waals surface area contributed by atoms with Crippen LogP contribution in [-0.4, -0.2) is 36.6 Å². The number of aryl methyl sites for hydroxylation is 1. The van der Waals surface area contributed by atoms with Gasteiger partial charge in [0.1, 0.15) is 0 Å². The summed E-state index contributed by atoms with van der Waals surface area (Å²) in [5.74, 6) is -0.00461. The molecule has 106 valence electrons. The number of nitrogens with zero attached hydrogens (tertiary/aromatic N) is 1. The second-order valence-corrected chi connectivity index (χ2v) is 5.51. The number of anilines is 1. The summed E-state index contributed by atoms with van der Waals surface area (Å²) in [5, 5.41) is 12.0. The maximum Gasteiger partial charge on any atom is 0.239 e. The van der Waals surface area contributed by atoms with E-state index in [4.69, 9.17) is 0 Å². The number of aliphatic hydroxyl groups excluding tert-OH is 1. The van der Waals surface area contributed by atoms with Gasteiger partial charge in [0.05, 0.1) is 12.0 Å². The summed E-state index contributed by atoms with van der Waals surface area (Å²) in [7, 11) is 0. The molecule has 0 aromatic heterocycles. The summed E-state index contributed by atoms with van der Waals surface area (Å²) >= 11 is 0. The van der Waals surface area contributed by atoms with Crippen LogP contribution < -0.4 is 10.2 Å². The molecule has 1 fully saturated rings. The van der Waals surface area contributed by atoms with Crippen LogP contribution >= 0.6 is 0 Å². The van der Waals surface area contributed by atoms with Gasteiger partial charge in [0.25, 0.3) is 0 Å². The minimum absolute atomic E-state index is 0.000771. The minimum Gasteiger partial charge on any atom is -0.395 e. The lowest BCUT2D eigenvalue weighted by Crippen LogP contribution is -2.52. The first kappa shape index (κ1) is 13.1. The van der Waals surface area contributed by atoms with E-state index in [0.29, 0.717) is 25.9 Å². The van der Waals surface area contributed by atoms with Crippen molar-refractivity contribution in [1.82, 2.24) is 5.32 Å². The highest BCUT2D eigenvalue weighted by atomic mass is 16.3. The Kier molecular flexibility index (Phi) is 3.01. The molecule has 1 unspecified atom stereocenters. The number of fused-ring (bicyclic) bond motifs is 2. The summed E-state index contributed by atoms with van der Waals surface area (Å²) in [4.78, 5) is 25.9. The van der Waals surface area contributed by atoms with Gasteiger partial charge in [-0.3, -0.25) is 9.59 Å². The lowest BCUT2D eigenvalue weighted by Gasteiger charge is -2.33. The molecular formula is C15H18N2O3. The van der Waals surface area contributed by atoms with Crippen molar-refractivity contribution in [2.45, 2.75) is 25.2 Å². The predicted molar refractivity (Wildman–Crippen MR) is 74.5 cm³/mol. The molecule has 1 saturated heterocycles. The molecule has 2 amide bonds. The normalized spacial score (nSPS) is 25.0. The van der Waals surface area contributed by atoms with E-state index in [1.165, 1.54) is 0 Å². The van der Waals surface area contributed by atoms with Crippen molar-refractivity contribution in [1.29, 1.82) is 0 Å². The van der Waals surface area contributed by atoms with Crippen molar-refractivity contribution >= 4 is 17.5 Å². The van der Waals surface area contributed by atoms with Gasteiger partial charge in [-0.25, -0.2) is 0 Å². The SMILES string of the molecule is Cc1cccc2c1C1(CCC(=O)NC1)C(=O)N2CCO. The molecule has 1 aromatic carbocycles. The monoisotopic (exact) mass is 274 g/mol. The number of amides is 2. The fourth-order valence-electron chi connectivity index (χ4n) is 3.45. The third-order valence-corrected chi connectivity index (χ3v) is 4.36. The molecule has 2 aliphatic heterocycles. The van der Waals surface area contributed by atoms with Crippen molar-refractivity contribution in [3.63, 3.8) is 0 Å². The third-order valence-electron chi connectivity index (χ3n) is 4.36. The van der Waals surface area contributed by atoms with Gasteiger partial charge in [0.15, 0.2) is 0 Å². The number of carbonyl (C=O) groups is 2. The molecule has 2 heterocycles. The standard InChI is InChI=1S/C15H18N2O3/c1-10-3-2-4-11-13(10)15(6-5-12(19)16-9-15)14(20)17(11)7-8-18/h2-4,18H,5-9H2,1H3,(H,16,19). The number of benzene rings is 1. The Morgan fingerprint density at radius 1 is 1.40 bits per heavy atom. The molecule has 2 N–H and O–H groups in total. The fraction of sp³-hybridized carbons (Fsp3) is 0.467. The van der Waals surface area contributed by atoms with E-state index in [0.717, 1.165) is 16.8 Å². The number of hydrogen-bond acceptors (Lipinski definition) is 3. The van der Waals surface area contributed by atoms with Gasteiger partial charge in [-0.05, 0) is 30.5 Å². The summed E-state index contributed by atoms with van der Waals surface area (Å²) < 4.78 is 0. The third kappa shape index (κ3) is 1.66. The van der Waals surface area contributed by atoms with Crippen LogP contribution in [0, 0.1) is 6.92 Å². The van der Waals surface area contributed by atoms with Gasteiger partial charge in [-0.2, -0.15) is 0 Å². The van der Waals surface area contributed by atoms with Crippen molar-refractivity contribution in [3.05, 3.63) is 29.3 Å². The van der Waals surface area contributed by atoms with Gasteiger partial charge in [0.2, 0.25) is 11.8 Å². The van der Waals surface area contributed by atoms with E-state index in [2.05, 4.69) is 5.32 Å². The minimum atomic E-state index is -0.649. The van der Waals surface area contributed by atoms with Crippen LogP contribution in [0.2, 0.25) is 0 Å². The van der Waals surface area contributed by atoms with Crippen molar-refractivity contribution < 1.29 is 14.7 Å². The molecule has 0 aliphatic carbocycles. The van der Waals surface area contributed by atoms with Crippen LogP contribution in [0.4, 0.5) is 5.69 Å². The number of β-amino-alcohol motifs (C(OH)–C–C–N with tert-alkyl or cyclic N) is 1. The quantitative estimate of drug-likeness (QED) is 0.824. The first-order valence-electron chi connectivity index (χ1n) is 6.90. The highest BCUT2D eigenvalue weighted by Gasteiger charge is 2.52.